The van der Waals surface area contributed by atoms with E-state index in [4.69, 9.17) is 9.52 Å². The third-order valence-electron chi connectivity index (χ3n) is 1.17. The number of benzene rings is 1. The van der Waals surface area contributed by atoms with Crippen molar-refractivity contribution < 1.29 is 14.0 Å². The maximum absolute atomic E-state index is 8.88. The van der Waals surface area contributed by atoms with Crippen molar-refractivity contribution in [1.29, 1.82) is 0 Å². The first-order valence-electron chi connectivity index (χ1n) is 3.34. The summed E-state index contributed by atoms with van der Waals surface area (Å²) in [5, 5.41) is 0. The number of anilines is 1. The fourth-order valence-corrected chi connectivity index (χ4v) is 0.893. The van der Waals surface area contributed by atoms with Crippen LogP contribution in [0.2, 0.25) is 0 Å². The average Bonchev–Trinajstić information content (AvgIpc) is 2.16. The standard InChI is InChI=1S/C7H10NO3P/c1-10-12(9)11-8-7-5-3-2-4-6-7/h2-6,8-9H,1H3. The molecule has 1 unspecified atom stereocenters. The number of rotatable bonds is 4. The summed E-state index contributed by atoms with van der Waals surface area (Å²) in [5.41, 5.74) is 3.32. The second-order valence-electron chi connectivity index (χ2n) is 1.98. The van der Waals surface area contributed by atoms with Crippen molar-refractivity contribution in [1.82, 2.24) is 0 Å². The van der Waals surface area contributed by atoms with Crippen molar-refractivity contribution in [2.24, 2.45) is 0 Å². The van der Waals surface area contributed by atoms with Crippen molar-refractivity contribution in [3.05, 3.63) is 30.3 Å². The van der Waals surface area contributed by atoms with Gasteiger partial charge in [0.05, 0.1) is 5.69 Å². The number of hydrogen-bond donors (Lipinski definition) is 2. The van der Waals surface area contributed by atoms with Crippen LogP contribution >= 0.6 is 8.60 Å². The Hall–Kier alpha value is -0.670. The summed E-state index contributed by atoms with van der Waals surface area (Å²) in [6.07, 6.45) is 0. The molecule has 1 rings (SSSR count). The van der Waals surface area contributed by atoms with Crippen LogP contribution in [-0.2, 0) is 9.15 Å². The largest absolute Gasteiger partial charge is 0.353 e. The van der Waals surface area contributed by atoms with Gasteiger partial charge in [0.1, 0.15) is 0 Å². The van der Waals surface area contributed by atoms with E-state index < -0.39 is 8.60 Å². The lowest BCUT2D eigenvalue weighted by Crippen LogP contribution is -1.96. The van der Waals surface area contributed by atoms with E-state index in [0.29, 0.717) is 0 Å². The topological polar surface area (TPSA) is 50.7 Å². The molecule has 66 valence electrons. The Balaban J connectivity index is 2.33. The molecular formula is C7H10NO3P. The zero-order valence-corrected chi connectivity index (χ0v) is 7.49. The maximum atomic E-state index is 8.88. The zero-order valence-electron chi connectivity index (χ0n) is 6.60. The maximum Gasteiger partial charge on any atom is 0.353 e. The molecule has 0 aliphatic heterocycles. The highest BCUT2D eigenvalue weighted by Gasteiger charge is 2.02. The molecule has 0 fully saturated rings. The second kappa shape index (κ2) is 5.06. The van der Waals surface area contributed by atoms with Gasteiger partial charge in [-0.15, -0.1) is 0 Å². The molecule has 1 aromatic rings. The fraction of sp³-hybridized carbons (Fsp3) is 0.143. The molecule has 0 aromatic heterocycles. The summed E-state index contributed by atoms with van der Waals surface area (Å²) >= 11 is 0. The molecule has 0 saturated carbocycles. The van der Waals surface area contributed by atoms with Gasteiger partial charge in [0.2, 0.25) is 0 Å². The molecular weight excluding hydrogens is 177 g/mol. The van der Waals surface area contributed by atoms with Gasteiger partial charge in [-0.25, -0.2) is 0 Å². The molecule has 0 heterocycles. The Morgan fingerprint density at radius 1 is 1.33 bits per heavy atom. The van der Waals surface area contributed by atoms with Gasteiger partial charge < -0.3 is 9.42 Å². The van der Waals surface area contributed by atoms with E-state index in [1.54, 1.807) is 0 Å². The summed E-state index contributed by atoms with van der Waals surface area (Å²) in [4.78, 5) is 8.88. The zero-order chi connectivity index (χ0) is 8.81. The van der Waals surface area contributed by atoms with Gasteiger partial charge in [0, 0.05) is 7.11 Å². The normalized spacial score (nSPS) is 12.5. The van der Waals surface area contributed by atoms with Crippen LogP contribution < -0.4 is 5.48 Å². The van der Waals surface area contributed by atoms with Crippen molar-refractivity contribution in [2.75, 3.05) is 12.6 Å². The third-order valence-corrected chi connectivity index (χ3v) is 1.73. The minimum atomic E-state index is -1.81. The first-order valence-corrected chi connectivity index (χ1v) is 4.47. The predicted molar refractivity (Wildman–Crippen MR) is 47.3 cm³/mol. The minimum absolute atomic E-state index is 0.774. The van der Waals surface area contributed by atoms with Crippen LogP contribution in [-0.4, -0.2) is 12.0 Å². The van der Waals surface area contributed by atoms with Crippen LogP contribution in [0.3, 0.4) is 0 Å². The van der Waals surface area contributed by atoms with E-state index in [0.717, 1.165) is 5.69 Å². The highest BCUT2D eigenvalue weighted by Crippen LogP contribution is 2.30. The second-order valence-corrected chi connectivity index (χ2v) is 3.00. The Morgan fingerprint density at radius 3 is 2.58 bits per heavy atom. The summed E-state index contributed by atoms with van der Waals surface area (Å²) in [6, 6.07) is 9.25. The molecule has 12 heavy (non-hydrogen) atoms. The lowest BCUT2D eigenvalue weighted by molar-refractivity contribution is 0.268. The molecule has 0 spiro atoms. The predicted octanol–water partition coefficient (Wildman–Crippen LogP) is 1.90. The Morgan fingerprint density at radius 2 is 2.00 bits per heavy atom. The molecule has 0 aliphatic rings. The molecule has 0 aliphatic carbocycles. The molecule has 1 atom stereocenters. The van der Waals surface area contributed by atoms with Crippen LogP contribution in [0, 0.1) is 0 Å². The van der Waals surface area contributed by atoms with Crippen LogP contribution in [0.15, 0.2) is 30.3 Å². The van der Waals surface area contributed by atoms with E-state index in [9.17, 15) is 0 Å². The Bertz CT molecular complexity index is 219. The van der Waals surface area contributed by atoms with E-state index in [-0.39, 0.29) is 0 Å². The van der Waals surface area contributed by atoms with Gasteiger partial charge >= 0.3 is 8.60 Å². The first kappa shape index (κ1) is 9.42. The first-order chi connectivity index (χ1) is 5.83. The fourth-order valence-electron chi connectivity index (χ4n) is 0.635. The Kier molecular flexibility index (Phi) is 3.97. The van der Waals surface area contributed by atoms with E-state index in [1.165, 1.54) is 7.11 Å². The quantitative estimate of drug-likeness (QED) is 0.558. The minimum Gasteiger partial charge on any atom is -0.327 e. The summed E-state index contributed by atoms with van der Waals surface area (Å²) in [5.74, 6) is 0. The Labute approximate surface area is 72.1 Å². The SMILES string of the molecule is COP(O)ONc1ccccc1. The molecule has 0 bridgehead atoms. The number of hydrogen-bond acceptors (Lipinski definition) is 4. The molecule has 0 radical (unpaired) electrons. The van der Waals surface area contributed by atoms with Crippen molar-refractivity contribution in [2.45, 2.75) is 0 Å². The van der Waals surface area contributed by atoms with E-state index in [2.05, 4.69) is 10.0 Å². The van der Waals surface area contributed by atoms with Gasteiger partial charge in [-0.05, 0) is 12.1 Å². The van der Waals surface area contributed by atoms with E-state index >= 15 is 0 Å². The summed E-state index contributed by atoms with van der Waals surface area (Å²) < 4.78 is 9.23. The lowest BCUT2D eigenvalue weighted by atomic mass is 10.3. The highest BCUT2D eigenvalue weighted by molar-refractivity contribution is 7.40. The molecule has 4 nitrogen and oxygen atoms in total. The van der Waals surface area contributed by atoms with Gasteiger partial charge in [0.15, 0.2) is 0 Å². The van der Waals surface area contributed by atoms with Gasteiger partial charge in [-0.3, -0.25) is 5.48 Å². The van der Waals surface area contributed by atoms with Gasteiger partial charge in [-0.2, -0.15) is 4.62 Å². The molecule has 2 N–H and O–H groups in total. The van der Waals surface area contributed by atoms with Crippen LogP contribution in [0.25, 0.3) is 0 Å². The third kappa shape index (κ3) is 3.15. The van der Waals surface area contributed by atoms with Crippen LogP contribution in [0.1, 0.15) is 0 Å². The smallest absolute Gasteiger partial charge is 0.327 e. The summed E-state index contributed by atoms with van der Waals surface area (Å²) in [6.45, 7) is 0. The summed E-state index contributed by atoms with van der Waals surface area (Å²) in [7, 11) is -0.440. The van der Waals surface area contributed by atoms with Gasteiger partial charge in [0.25, 0.3) is 0 Å². The van der Waals surface area contributed by atoms with E-state index in [1.807, 2.05) is 30.3 Å². The van der Waals surface area contributed by atoms with Crippen molar-refractivity contribution in [3.8, 4) is 0 Å². The molecule has 5 heteroatoms. The highest BCUT2D eigenvalue weighted by atomic mass is 31.2. The van der Waals surface area contributed by atoms with Gasteiger partial charge in [-0.1, -0.05) is 18.2 Å². The molecule has 0 saturated heterocycles. The number of para-hydroxylation sites is 1. The lowest BCUT2D eigenvalue weighted by Gasteiger charge is -2.08. The van der Waals surface area contributed by atoms with Crippen molar-refractivity contribution >= 4 is 14.3 Å². The number of nitrogens with one attached hydrogen (secondary N) is 1. The van der Waals surface area contributed by atoms with Crippen LogP contribution in [0.4, 0.5) is 5.69 Å². The average molecular weight is 187 g/mol. The van der Waals surface area contributed by atoms with Crippen LogP contribution in [0.5, 0.6) is 0 Å². The molecule has 1 aromatic carbocycles. The van der Waals surface area contributed by atoms with Crippen molar-refractivity contribution in [3.63, 3.8) is 0 Å². The molecule has 0 amide bonds. The monoisotopic (exact) mass is 187 g/mol.